The Labute approximate surface area is 165 Å². The molecule has 1 aliphatic rings. The molecule has 8 heteroatoms. The van der Waals surface area contributed by atoms with Gasteiger partial charge in [0.25, 0.3) is 0 Å². The smallest absolute Gasteiger partial charge is 0.339 e. The number of rotatable bonds is 3. The normalized spacial score (nSPS) is 17.2. The molecule has 0 spiro atoms. The molecule has 2 aromatic carbocycles. The van der Waals surface area contributed by atoms with Gasteiger partial charge in [-0.3, -0.25) is 4.79 Å². The summed E-state index contributed by atoms with van der Waals surface area (Å²) in [6, 6.07) is 10.5. The summed E-state index contributed by atoms with van der Waals surface area (Å²) in [4.78, 5) is 18.5. The number of alkyl halides is 3. The predicted molar refractivity (Wildman–Crippen MR) is 100 cm³/mol. The number of carbonyl (C=O) groups is 1. The molecule has 1 atom stereocenters. The Bertz CT molecular complexity index is 1040. The second-order valence-corrected chi connectivity index (χ2v) is 7.28. The van der Waals surface area contributed by atoms with E-state index in [1.807, 2.05) is 32.0 Å². The third-order valence-electron chi connectivity index (χ3n) is 4.90. The summed E-state index contributed by atoms with van der Waals surface area (Å²) in [5.74, 6) is 0.208. The number of aromatic nitrogens is 2. The molecule has 1 aromatic heterocycles. The Morgan fingerprint density at radius 1 is 1.07 bits per heavy atom. The monoisotopic (exact) mass is 401 g/mol. The number of carbonyl (C=O) groups excluding carboxylic acids is 1. The van der Waals surface area contributed by atoms with Gasteiger partial charge in [0, 0.05) is 24.2 Å². The molecule has 0 unspecified atom stereocenters. The van der Waals surface area contributed by atoms with Crippen LogP contribution in [0.4, 0.5) is 18.9 Å². The Balaban J connectivity index is 1.53. The van der Waals surface area contributed by atoms with Gasteiger partial charge in [-0.15, -0.1) is 0 Å². The van der Waals surface area contributed by atoms with E-state index in [2.05, 4.69) is 10.1 Å². The average Bonchev–Trinajstić information content (AvgIpc) is 3.27. The van der Waals surface area contributed by atoms with E-state index in [1.165, 1.54) is 12.1 Å². The number of nitrogens with zero attached hydrogens (tertiary/aromatic N) is 3. The van der Waals surface area contributed by atoms with Crippen LogP contribution in [0.3, 0.4) is 0 Å². The van der Waals surface area contributed by atoms with Crippen LogP contribution in [0.1, 0.15) is 34.9 Å². The van der Waals surface area contributed by atoms with Gasteiger partial charge in [-0.1, -0.05) is 23.4 Å². The Morgan fingerprint density at radius 2 is 1.72 bits per heavy atom. The van der Waals surface area contributed by atoms with Gasteiger partial charge < -0.3 is 9.42 Å². The van der Waals surface area contributed by atoms with Crippen molar-refractivity contribution in [1.82, 2.24) is 10.1 Å². The standard InChI is InChI=1S/C21H18F3N3O2/c1-12-7-13(2)9-17(8-12)27-11-15(10-18(27)28)20-25-19(26-29-20)14-3-5-16(6-4-14)21(22,23)24/h3-9,15H,10-11H2,1-2H3/t15-/m0/s1. The lowest BCUT2D eigenvalue weighted by atomic mass is 10.1. The lowest BCUT2D eigenvalue weighted by Gasteiger charge is -2.17. The van der Waals surface area contributed by atoms with Crippen molar-refractivity contribution in [3.63, 3.8) is 0 Å². The van der Waals surface area contributed by atoms with Crippen LogP contribution >= 0.6 is 0 Å². The van der Waals surface area contributed by atoms with Crippen molar-refractivity contribution in [3.05, 3.63) is 65.0 Å². The van der Waals surface area contributed by atoms with Gasteiger partial charge in [-0.2, -0.15) is 18.2 Å². The van der Waals surface area contributed by atoms with E-state index in [0.29, 0.717) is 18.0 Å². The summed E-state index contributed by atoms with van der Waals surface area (Å²) in [7, 11) is 0. The molecule has 1 amide bonds. The first-order valence-corrected chi connectivity index (χ1v) is 9.10. The van der Waals surface area contributed by atoms with E-state index >= 15 is 0 Å². The van der Waals surface area contributed by atoms with Gasteiger partial charge in [-0.25, -0.2) is 0 Å². The number of hydrogen-bond acceptors (Lipinski definition) is 4. The minimum absolute atomic E-state index is 0.0331. The maximum Gasteiger partial charge on any atom is 0.416 e. The SMILES string of the molecule is Cc1cc(C)cc(N2C[C@@H](c3nc(-c4ccc(C(F)(F)F)cc4)no3)CC2=O)c1. The second kappa shape index (κ2) is 7.02. The molecule has 2 heterocycles. The van der Waals surface area contributed by atoms with Crippen LogP contribution in [0.15, 0.2) is 47.0 Å². The van der Waals surface area contributed by atoms with Crippen molar-refractivity contribution in [2.45, 2.75) is 32.4 Å². The van der Waals surface area contributed by atoms with Crippen molar-refractivity contribution in [2.24, 2.45) is 0 Å². The van der Waals surface area contributed by atoms with Gasteiger partial charge in [0.2, 0.25) is 17.6 Å². The molecular formula is C21H18F3N3O2. The molecular weight excluding hydrogens is 383 g/mol. The summed E-state index contributed by atoms with van der Waals surface area (Å²) in [5.41, 5.74) is 2.65. The number of amides is 1. The molecule has 1 aliphatic heterocycles. The molecule has 0 saturated carbocycles. The first-order chi connectivity index (χ1) is 13.7. The number of benzene rings is 2. The van der Waals surface area contributed by atoms with E-state index in [4.69, 9.17) is 4.52 Å². The summed E-state index contributed by atoms with van der Waals surface area (Å²) >= 11 is 0. The van der Waals surface area contributed by atoms with Crippen LogP contribution in [0, 0.1) is 13.8 Å². The summed E-state index contributed by atoms with van der Waals surface area (Å²) < 4.78 is 43.4. The van der Waals surface area contributed by atoms with Crippen molar-refractivity contribution in [1.29, 1.82) is 0 Å². The van der Waals surface area contributed by atoms with Gasteiger partial charge in [0.05, 0.1) is 11.5 Å². The minimum Gasteiger partial charge on any atom is -0.339 e. The fraction of sp³-hybridized carbons (Fsp3) is 0.286. The molecule has 0 bridgehead atoms. The van der Waals surface area contributed by atoms with Crippen molar-refractivity contribution in [3.8, 4) is 11.4 Å². The van der Waals surface area contributed by atoms with Crippen LogP contribution < -0.4 is 4.90 Å². The highest BCUT2D eigenvalue weighted by molar-refractivity contribution is 5.96. The minimum atomic E-state index is -4.40. The van der Waals surface area contributed by atoms with Gasteiger partial charge in [-0.05, 0) is 49.2 Å². The van der Waals surface area contributed by atoms with E-state index in [-0.39, 0.29) is 24.1 Å². The lowest BCUT2D eigenvalue weighted by molar-refractivity contribution is -0.137. The van der Waals surface area contributed by atoms with E-state index in [1.54, 1.807) is 4.90 Å². The Kier molecular flexibility index (Phi) is 4.64. The maximum absolute atomic E-state index is 12.7. The highest BCUT2D eigenvalue weighted by Gasteiger charge is 2.35. The van der Waals surface area contributed by atoms with Crippen LogP contribution in [0.5, 0.6) is 0 Å². The molecule has 150 valence electrons. The highest BCUT2D eigenvalue weighted by Crippen LogP contribution is 2.34. The summed E-state index contributed by atoms with van der Waals surface area (Å²) in [5, 5.41) is 3.88. The van der Waals surface area contributed by atoms with Crippen molar-refractivity contribution < 1.29 is 22.5 Å². The van der Waals surface area contributed by atoms with Gasteiger partial charge in [0.15, 0.2) is 0 Å². The van der Waals surface area contributed by atoms with Gasteiger partial charge >= 0.3 is 6.18 Å². The molecule has 29 heavy (non-hydrogen) atoms. The second-order valence-electron chi connectivity index (χ2n) is 7.28. The first kappa shape index (κ1) is 19.2. The Hall–Kier alpha value is -3.16. The summed E-state index contributed by atoms with van der Waals surface area (Å²) in [6.07, 6.45) is -4.16. The summed E-state index contributed by atoms with van der Waals surface area (Å²) in [6.45, 7) is 4.36. The first-order valence-electron chi connectivity index (χ1n) is 9.10. The average molecular weight is 401 g/mol. The zero-order valence-corrected chi connectivity index (χ0v) is 15.8. The largest absolute Gasteiger partial charge is 0.416 e. The third-order valence-corrected chi connectivity index (χ3v) is 4.90. The molecule has 5 nitrogen and oxygen atoms in total. The zero-order chi connectivity index (χ0) is 20.8. The van der Waals surface area contributed by atoms with E-state index < -0.39 is 11.7 Å². The van der Waals surface area contributed by atoms with Crippen molar-refractivity contribution >= 4 is 11.6 Å². The highest BCUT2D eigenvalue weighted by atomic mass is 19.4. The predicted octanol–water partition coefficient (Wildman–Crippen LogP) is 4.89. The van der Waals surface area contributed by atoms with E-state index in [0.717, 1.165) is 28.9 Å². The van der Waals surface area contributed by atoms with Crippen LogP contribution in [0.2, 0.25) is 0 Å². The molecule has 1 saturated heterocycles. The molecule has 0 aliphatic carbocycles. The fourth-order valence-electron chi connectivity index (χ4n) is 3.56. The van der Waals surface area contributed by atoms with Crippen LogP contribution in [-0.4, -0.2) is 22.6 Å². The Morgan fingerprint density at radius 3 is 2.34 bits per heavy atom. The third kappa shape index (κ3) is 3.87. The van der Waals surface area contributed by atoms with Crippen LogP contribution in [-0.2, 0) is 11.0 Å². The fourth-order valence-corrected chi connectivity index (χ4v) is 3.56. The van der Waals surface area contributed by atoms with Crippen LogP contribution in [0.25, 0.3) is 11.4 Å². The number of anilines is 1. The van der Waals surface area contributed by atoms with Crippen molar-refractivity contribution in [2.75, 3.05) is 11.4 Å². The maximum atomic E-state index is 12.7. The number of halogens is 3. The molecule has 4 rings (SSSR count). The number of aryl methyl sites for hydroxylation is 2. The topological polar surface area (TPSA) is 59.2 Å². The molecule has 3 aromatic rings. The number of hydrogen-bond donors (Lipinski definition) is 0. The molecule has 0 N–H and O–H groups in total. The van der Waals surface area contributed by atoms with Gasteiger partial charge in [0.1, 0.15) is 0 Å². The molecule has 0 radical (unpaired) electrons. The molecule has 1 fully saturated rings. The lowest BCUT2D eigenvalue weighted by Crippen LogP contribution is -2.24. The quantitative estimate of drug-likeness (QED) is 0.627. The van der Waals surface area contributed by atoms with E-state index in [9.17, 15) is 18.0 Å². The zero-order valence-electron chi connectivity index (χ0n) is 15.8.